The number of aromatic nitrogens is 4. The van der Waals surface area contributed by atoms with Crippen molar-refractivity contribution in [3.05, 3.63) is 62.4 Å². The van der Waals surface area contributed by atoms with Gasteiger partial charge in [-0.1, -0.05) is 12.1 Å². The van der Waals surface area contributed by atoms with Gasteiger partial charge in [0.25, 0.3) is 5.56 Å². The summed E-state index contributed by atoms with van der Waals surface area (Å²) in [6, 6.07) is 8.84. The number of benzene rings is 2. The quantitative estimate of drug-likeness (QED) is 0.411. The average molecular weight is 482 g/mol. The summed E-state index contributed by atoms with van der Waals surface area (Å²) in [5, 5.41) is 10.7. The number of aromatic hydroxyl groups is 1. The zero-order valence-corrected chi connectivity index (χ0v) is 20.4. The Kier molecular flexibility index (Phi) is 6.16. The lowest BCUT2D eigenvalue weighted by Gasteiger charge is -2.20. The van der Waals surface area contributed by atoms with E-state index in [2.05, 4.69) is 9.97 Å². The van der Waals surface area contributed by atoms with E-state index >= 15 is 0 Å². The monoisotopic (exact) mass is 481 g/mol. The van der Waals surface area contributed by atoms with Crippen LogP contribution < -0.4 is 30.4 Å². The first-order chi connectivity index (χ1) is 16.7. The Hall–Kier alpha value is -4.41. The Morgan fingerprint density at radius 2 is 1.80 bits per heavy atom. The number of hydrogen-bond donors (Lipinski definition) is 2. The van der Waals surface area contributed by atoms with Crippen molar-refractivity contribution in [1.82, 2.24) is 19.1 Å². The highest BCUT2D eigenvalue weighted by atomic mass is 16.5. The number of aromatic amines is 1. The van der Waals surface area contributed by atoms with Crippen LogP contribution in [-0.2, 0) is 13.6 Å². The minimum absolute atomic E-state index is 0.109. The number of rotatable bonds is 7. The van der Waals surface area contributed by atoms with Crippen LogP contribution in [0.3, 0.4) is 0 Å². The minimum atomic E-state index is -0.389. The molecule has 0 aliphatic rings. The molecule has 0 unspecified atom stereocenters. The van der Waals surface area contributed by atoms with Crippen LogP contribution >= 0.6 is 0 Å². The molecule has 2 aromatic carbocycles. The van der Waals surface area contributed by atoms with Crippen LogP contribution in [0, 0.1) is 6.92 Å². The van der Waals surface area contributed by atoms with Crippen LogP contribution in [0.1, 0.15) is 11.3 Å². The van der Waals surface area contributed by atoms with Gasteiger partial charge in [0, 0.05) is 26.7 Å². The molecule has 0 fully saturated rings. The summed E-state index contributed by atoms with van der Waals surface area (Å²) >= 11 is 0. The molecular weight excluding hydrogens is 454 g/mol. The van der Waals surface area contributed by atoms with E-state index in [0.29, 0.717) is 40.9 Å². The van der Waals surface area contributed by atoms with E-state index in [1.807, 2.05) is 6.07 Å². The lowest BCUT2D eigenvalue weighted by Crippen LogP contribution is -2.24. The molecule has 0 amide bonds. The van der Waals surface area contributed by atoms with Crippen LogP contribution in [0.2, 0.25) is 0 Å². The maximum absolute atomic E-state index is 13.0. The van der Waals surface area contributed by atoms with Crippen LogP contribution in [0.5, 0.6) is 23.1 Å². The van der Waals surface area contributed by atoms with Gasteiger partial charge in [0.2, 0.25) is 17.6 Å². The number of ether oxygens (including phenoxy) is 3. The Labute approximate surface area is 200 Å². The molecule has 0 saturated carbocycles. The van der Waals surface area contributed by atoms with Crippen molar-refractivity contribution >= 4 is 16.9 Å². The summed E-state index contributed by atoms with van der Waals surface area (Å²) in [5.41, 5.74) is 1.49. The third-order valence-corrected chi connectivity index (χ3v) is 5.95. The number of imidazole rings is 1. The van der Waals surface area contributed by atoms with Crippen LogP contribution in [0.15, 0.2) is 39.9 Å². The number of nitrogens with zero attached hydrogens (tertiary/aromatic N) is 4. The fourth-order valence-electron chi connectivity index (χ4n) is 4.01. The number of hydrogen-bond acceptors (Lipinski definition) is 8. The van der Waals surface area contributed by atoms with Crippen molar-refractivity contribution in [1.29, 1.82) is 0 Å². The van der Waals surface area contributed by atoms with E-state index in [1.165, 1.54) is 30.5 Å². The fourth-order valence-corrected chi connectivity index (χ4v) is 4.01. The normalized spacial score (nSPS) is 11.0. The van der Waals surface area contributed by atoms with Gasteiger partial charge in [0.15, 0.2) is 11.5 Å². The van der Waals surface area contributed by atoms with Gasteiger partial charge >= 0.3 is 5.69 Å². The van der Waals surface area contributed by atoms with Crippen LogP contribution in [0.4, 0.5) is 5.95 Å². The summed E-state index contributed by atoms with van der Waals surface area (Å²) in [5.74, 6) is 1.16. The molecule has 0 spiro atoms. The molecule has 0 radical (unpaired) electrons. The van der Waals surface area contributed by atoms with Crippen LogP contribution in [0.25, 0.3) is 16.6 Å². The highest BCUT2D eigenvalue weighted by molar-refractivity contribution is 5.90. The molecule has 2 aromatic heterocycles. The molecule has 2 heterocycles. The third kappa shape index (κ3) is 3.94. The number of fused-ring (bicyclic) bond motifs is 1. The van der Waals surface area contributed by atoms with Crippen molar-refractivity contribution in [2.24, 2.45) is 7.05 Å². The molecule has 0 atom stereocenters. The zero-order chi connectivity index (χ0) is 25.4. The average Bonchev–Trinajstić information content (AvgIpc) is 3.04. The SMILES string of the molecule is COc1cc2nc(N(C)Cc3cccc(-n4c(O)c(C)n(C)c4=O)c3)[nH]c(=O)c2c(OC)c1OC. The van der Waals surface area contributed by atoms with Crippen molar-refractivity contribution < 1.29 is 19.3 Å². The molecule has 11 heteroatoms. The van der Waals surface area contributed by atoms with Crippen LogP contribution in [-0.4, -0.2) is 52.6 Å². The van der Waals surface area contributed by atoms with Gasteiger partial charge in [-0.2, -0.15) is 0 Å². The Morgan fingerprint density at radius 1 is 1.09 bits per heavy atom. The molecule has 2 N–H and O–H groups in total. The van der Waals surface area contributed by atoms with Gasteiger partial charge in [-0.05, 0) is 24.6 Å². The Morgan fingerprint density at radius 3 is 2.40 bits per heavy atom. The highest BCUT2D eigenvalue weighted by Gasteiger charge is 2.21. The molecule has 4 rings (SSSR count). The molecule has 0 aliphatic heterocycles. The van der Waals surface area contributed by atoms with Gasteiger partial charge < -0.3 is 24.2 Å². The first-order valence-corrected chi connectivity index (χ1v) is 10.7. The van der Waals surface area contributed by atoms with E-state index in [-0.39, 0.29) is 28.3 Å². The number of methoxy groups -OCH3 is 3. The molecular formula is C24H27N5O6. The predicted octanol–water partition coefficient (Wildman–Crippen LogP) is 2.09. The van der Waals surface area contributed by atoms with Gasteiger partial charge in [-0.15, -0.1) is 0 Å². The summed E-state index contributed by atoms with van der Waals surface area (Å²) in [4.78, 5) is 34.7. The van der Waals surface area contributed by atoms with E-state index in [9.17, 15) is 14.7 Å². The molecule has 11 nitrogen and oxygen atoms in total. The van der Waals surface area contributed by atoms with Gasteiger partial charge in [0.1, 0.15) is 5.39 Å². The molecule has 184 valence electrons. The maximum atomic E-state index is 13.0. The van der Waals surface area contributed by atoms with E-state index < -0.39 is 0 Å². The summed E-state index contributed by atoms with van der Waals surface area (Å²) in [6.07, 6.45) is 0. The number of H-pyrrole nitrogens is 1. The largest absolute Gasteiger partial charge is 0.493 e. The van der Waals surface area contributed by atoms with Gasteiger partial charge in [-0.3, -0.25) is 14.3 Å². The smallest absolute Gasteiger partial charge is 0.335 e. The fraction of sp³-hybridized carbons (Fsp3) is 0.292. The third-order valence-electron chi connectivity index (χ3n) is 5.95. The second kappa shape index (κ2) is 9.09. The summed E-state index contributed by atoms with van der Waals surface area (Å²) < 4.78 is 18.8. The van der Waals surface area contributed by atoms with Crippen molar-refractivity contribution in [2.75, 3.05) is 33.3 Å². The highest BCUT2D eigenvalue weighted by Crippen LogP contribution is 2.41. The lowest BCUT2D eigenvalue weighted by atomic mass is 10.2. The Balaban J connectivity index is 1.73. The van der Waals surface area contributed by atoms with Crippen molar-refractivity contribution in [3.63, 3.8) is 0 Å². The molecule has 0 aliphatic carbocycles. The number of anilines is 1. The molecule has 35 heavy (non-hydrogen) atoms. The standard InChI is InChI=1S/C24H27N5O6/c1-13-22(31)29(24(32)28(13)3)15-9-7-8-14(10-15)12-27(2)23-25-16-11-17(33-4)19(34-5)20(35-6)18(16)21(30)26-23/h7-11,31H,12H2,1-6H3,(H,25,26,30). The van der Waals surface area contributed by atoms with E-state index in [0.717, 1.165) is 5.56 Å². The molecule has 0 bridgehead atoms. The second-order valence-corrected chi connectivity index (χ2v) is 8.04. The molecule has 0 saturated heterocycles. The number of nitrogens with one attached hydrogen (secondary N) is 1. The Bertz CT molecular complexity index is 1530. The maximum Gasteiger partial charge on any atom is 0.335 e. The van der Waals surface area contributed by atoms with E-state index in [1.54, 1.807) is 50.2 Å². The van der Waals surface area contributed by atoms with Crippen molar-refractivity contribution in [2.45, 2.75) is 13.5 Å². The zero-order valence-electron chi connectivity index (χ0n) is 20.4. The molecule has 4 aromatic rings. The minimum Gasteiger partial charge on any atom is -0.493 e. The van der Waals surface area contributed by atoms with E-state index in [4.69, 9.17) is 14.2 Å². The first kappa shape index (κ1) is 23.7. The topological polar surface area (TPSA) is 124 Å². The summed E-state index contributed by atoms with van der Waals surface area (Å²) in [7, 11) is 7.79. The first-order valence-electron chi connectivity index (χ1n) is 10.7. The van der Waals surface area contributed by atoms with Crippen molar-refractivity contribution in [3.8, 4) is 28.8 Å². The summed E-state index contributed by atoms with van der Waals surface area (Å²) in [6.45, 7) is 2.04. The predicted molar refractivity (Wildman–Crippen MR) is 132 cm³/mol. The van der Waals surface area contributed by atoms with Gasteiger partial charge in [0.05, 0.1) is 38.2 Å². The van der Waals surface area contributed by atoms with Gasteiger partial charge in [-0.25, -0.2) is 14.3 Å². The lowest BCUT2D eigenvalue weighted by molar-refractivity contribution is 0.327. The second-order valence-electron chi connectivity index (χ2n) is 8.04.